The van der Waals surface area contributed by atoms with Crippen molar-refractivity contribution in [2.24, 2.45) is 0 Å². The van der Waals surface area contributed by atoms with E-state index < -0.39 is 69.9 Å². The van der Waals surface area contributed by atoms with Gasteiger partial charge in [-0.15, -0.1) is 0 Å². The van der Waals surface area contributed by atoms with Gasteiger partial charge in [0.2, 0.25) is 0 Å². The van der Waals surface area contributed by atoms with Crippen molar-refractivity contribution < 1.29 is 62.3 Å². The Morgan fingerprint density at radius 3 is 1.30 bits per heavy atom. The molecule has 6 aromatic carbocycles. The highest BCUT2D eigenvalue weighted by molar-refractivity contribution is 6.36. The number of halogens is 12. The Morgan fingerprint density at radius 2 is 0.869 bits per heavy atom. The van der Waals surface area contributed by atoms with E-state index in [-0.39, 0.29) is 67.6 Å². The Labute approximate surface area is 337 Å². The van der Waals surface area contributed by atoms with E-state index in [0.717, 1.165) is 27.2 Å². The van der Waals surface area contributed by atoms with Gasteiger partial charge in [-0.1, -0.05) is 72.3 Å². The first-order chi connectivity index (χ1) is 28.4. The molecule has 0 saturated heterocycles. The predicted octanol–water partition coefficient (Wildman–Crippen LogP) is 13.9. The van der Waals surface area contributed by atoms with Gasteiger partial charge in [0, 0.05) is 21.9 Å². The van der Waals surface area contributed by atoms with Crippen LogP contribution in [-0.4, -0.2) is 16.4 Å². The molecule has 61 heavy (non-hydrogen) atoms. The molecule has 8 rings (SSSR count). The Kier molecular flexibility index (Phi) is 9.26. The van der Waals surface area contributed by atoms with Crippen molar-refractivity contribution in [3.63, 3.8) is 0 Å². The lowest BCUT2D eigenvalue weighted by Gasteiger charge is -2.21. The zero-order valence-electron chi connectivity index (χ0n) is 31.6. The van der Waals surface area contributed by atoms with Crippen molar-refractivity contribution in [3.8, 4) is 27.9 Å². The third-order valence-electron chi connectivity index (χ3n) is 10.7. The Hall–Kier alpha value is -6.58. The molecule has 1 aliphatic heterocycles. The number of fused-ring (bicyclic) bond motifs is 4. The Balaban J connectivity index is 1.54. The van der Waals surface area contributed by atoms with Crippen LogP contribution in [0.25, 0.3) is 49.7 Å². The molecule has 0 N–H and O–H groups in total. The van der Waals surface area contributed by atoms with Crippen molar-refractivity contribution >= 4 is 39.3 Å². The van der Waals surface area contributed by atoms with Gasteiger partial charge in [-0.25, -0.2) is 4.90 Å². The van der Waals surface area contributed by atoms with Crippen LogP contribution in [0.15, 0.2) is 103 Å². The van der Waals surface area contributed by atoms with Gasteiger partial charge in [0.05, 0.1) is 55.8 Å². The van der Waals surface area contributed by atoms with E-state index in [1.165, 1.54) is 42.5 Å². The van der Waals surface area contributed by atoms with Gasteiger partial charge in [-0.2, -0.15) is 52.7 Å². The highest BCUT2D eigenvalue weighted by Gasteiger charge is 2.43. The number of anilines is 1. The quantitative estimate of drug-likeness (QED) is 0.131. The number of imide groups is 1. The average molecular weight is 855 g/mol. The molecule has 2 heterocycles. The van der Waals surface area contributed by atoms with Gasteiger partial charge in [-0.3, -0.25) is 9.59 Å². The maximum absolute atomic E-state index is 14.8. The summed E-state index contributed by atoms with van der Waals surface area (Å²) in [4.78, 5) is 29.8. The highest BCUT2D eigenvalue weighted by Crippen LogP contribution is 2.49. The van der Waals surface area contributed by atoms with Gasteiger partial charge >= 0.3 is 24.7 Å². The lowest BCUT2D eigenvalue weighted by atomic mass is 9.94. The number of hydrogen-bond acceptors (Lipinski definition) is 2. The van der Waals surface area contributed by atoms with E-state index >= 15 is 0 Å². The summed E-state index contributed by atoms with van der Waals surface area (Å²) >= 11 is 0. The number of aromatic nitrogens is 1. The summed E-state index contributed by atoms with van der Waals surface area (Å²) in [6, 6.07) is 17.0. The fraction of sp³-hybridized carbons (Fsp3) is 0.156. The fourth-order valence-electron chi connectivity index (χ4n) is 8.35. The monoisotopic (exact) mass is 854 g/mol. The van der Waals surface area contributed by atoms with Crippen molar-refractivity contribution in [1.82, 2.24) is 4.57 Å². The number of alkyl halides is 12. The largest absolute Gasteiger partial charge is 0.417 e. The van der Waals surface area contributed by atoms with Crippen molar-refractivity contribution in [2.45, 2.75) is 45.5 Å². The smallest absolute Gasteiger partial charge is 0.307 e. The Bertz CT molecular complexity index is 2850. The molecular formula is C45H26F12N2O2. The second kappa shape index (κ2) is 13.7. The number of amides is 2. The third kappa shape index (κ3) is 6.68. The van der Waals surface area contributed by atoms with Crippen molar-refractivity contribution in [3.05, 3.63) is 153 Å². The normalized spacial score (nSPS) is 13.9. The summed E-state index contributed by atoms with van der Waals surface area (Å²) in [5.74, 6) is -1.71. The second-order valence-corrected chi connectivity index (χ2v) is 14.6. The summed E-state index contributed by atoms with van der Waals surface area (Å²) in [5.41, 5.74) is -8.06. The van der Waals surface area contributed by atoms with Crippen LogP contribution in [0.4, 0.5) is 58.4 Å². The molecule has 0 saturated carbocycles. The minimum atomic E-state index is -5.39. The minimum absolute atomic E-state index is 0.0410. The van der Waals surface area contributed by atoms with E-state index in [9.17, 15) is 62.3 Å². The summed E-state index contributed by atoms with van der Waals surface area (Å²) in [6.07, 6.45) is -21.2. The van der Waals surface area contributed by atoms with Crippen LogP contribution >= 0.6 is 0 Å². The summed E-state index contributed by atoms with van der Waals surface area (Å²) < 4.78 is 173. The number of hydrogen-bond donors (Lipinski definition) is 0. The molecule has 0 bridgehead atoms. The maximum Gasteiger partial charge on any atom is 0.417 e. The standard InChI is InChI=1S/C45H26F12N2O2/c1-21-17-22(2)37(23(3)18-21)59-40(60)32-11-6-12-35(36(32)41(59)61)58-38-28(26-15-13-24(42(46,47)48)19-33(26)44(52,53)54)7-4-9-30(38)31-10-5-8-29(39(31)58)27-16-14-25(43(49,50)51)20-34(27)45(55,56)57/h4-20H,1-3H3. The average Bonchev–Trinajstić information content (AvgIpc) is 3.63. The number of carbonyl (C=O) groups excluding carboxylic acids is 2. The third-order valence-corrected chi connectivity index (χ3v) is 10.7. The molecule has 0 spiro atoms. The van der Waals surface area contributed by atoms with Crippen LogP contribution in [0.1, 0.15) is 59.7 Å². The van der Waals surface area contributed by atoms with E-state index in [2.05, 4.69) is 0 Å². The van der Waals surface area contributed by atoms with Crippen molar-refractivity contribution in [1.29, 1.82) is 0 Å². The highest BCUT2D eigenvalue weighted by atomic mass is 19.4. The molecule has 2 amide bonds. The maximum atomic E-state index is 14.8. The van der Waals surface area contributed by atoms with E-state index in [1.807, 2.05) is 0 Å². The molecule has 0 radical (unpaired) electrons. The fourth-order valence-corrected chi connectivity index (χ4v) is 8.35. The van der Waals surface area contributed by atoms with Gasteiger partial charge in [0.25, 0.3) is 11.8 Å². The molecule has 7 aromatic rings. The van der Waals surface area contributed by atoms with Crippen LogP contribution in [0, 0.1) is 20.8 Å². The van der Waals surface area contributed by atoms with Gasteiger partial charge in [0.1, 0.15) is 0 Å². The summed E-state index contributed by atoms with van der Waals surface area (Å²) in [6.45, 7) is 5.12. The van der Waals surface area contributed by atoms with Crippen LogP contribution in [0.3, 0.4) is 0 Å². The molecule has 1 aromatic heterocycles. The first-order valence-electron chi connectivity index (χ1n) is 18.1. The molecular weight excluding hydrogens is 828 g/mol. The second-order valence-electron chi connectivity index (χ2n) is 14.6. The first-order valence-corrected chi connectivity index (χ1v) is 18.1. The van der Waals surface area contributed by atoms with E-state index in [4.69, 9.17) is 0 Å². The van der Waals surface area contributed by atoms with E-state index in [0.29, 0.717) is 35.4 Å². The lowest BCUT2D eigenvalue weighted by molar-refractivity contribution is -0.144. The zero-order chi connectivity index (χ0) is 44.3. The minimum Gasteiger partial charge on any atom is -0.307 e. The van der Waals surface area contributed by atoms with Gasteiger partial charge in [0.15, 0.2) is 0 Å². The number of carbonyl (C=O) groups is 2. The summed E-state index contributed by atoms with van der Waals surface area (Å²) in [5, 5.41) is 0.0820. The zero-order valence-corrected chi connectivity index (χ0v) is 31.6. The molecule has 0 fully saturated rings. The number of nitrogens with zero attached hydrogens (tertiary/aromatic N) is 2. The van der Waals surface area contributed by atoms with Gasteiger partial charge in [-0.05, 0) is 79.4 Å². The van der Waals surface area contributed by atoms with Crippen LogP contribution in [-0.2, 0) is 24.7 Å². The SMILES string of the molecule is Cc1cc(C)c(N2C(=O)c3cccc(-n4c5c(-c6ccc(C(F)(F)F)cc6C(F)(F)F)cccc5c5cccc(-c6ccc(C(F)(F)F)cc6C(F)(F)F)c54)c3C2=O)c(C)c1. The predicted molar refractivity (Wildman–Crippen MR) is 203 cm³/mol. The van der Waals surface area contributed by atoms with Crippen LogP contribution < -0.4 is 4.90 Å². The molecule has 1 aliphatic rings. The van der Waals surface area contributed by atoms with E-state index in [1.54, 1.807) is 32.9 Å². The molecule has 4 nitrogen and oxygen atoms in total. The molecule has 0 unspecified atom stereocenters. The molecule has 312 valence electrons. The van der Waals surface area contributed by atoms with Gasteiger partial charge < -0.3 is 4.57 Å². The van der Waals surface area contributed by atoms with Crippen molar-refractivity contribution in [2.75, 3.05) is 4.90 Å². The first kappa shape index (κ1) is 41.2. The summed E-state index contributed by atoms with van der Waals surface area (Å²) in [7, 11) is 0. The number of benzene rings is 6. The number of rotatable bonds is 4. The molecule has 0 aliphatic carbocycles. The topological polar surface area (TPSA) is 42.3 Å². The number of para-hydroxylation sites is 2. The molecule has 0 atom stereocenters. The molecule has 16 heteroatoms. The Morgan fingerprint density at radius 1 is 0.443 bits per heavy atom. The lowest BCUT2D eigenvalue weighted by Crippen LogP contribution is -2.31. The van der Waals surface area contributed by atoms with Crippen LogP contribution in [0.5, 0.6) is 0 Å². The number of aryl methyl sites for hydroxylation is 3. The van der Waals surface area contributed by atoms with Crippen LogP contribution in [0.2, 0.25) is 0 Å².